The van der Waals surface area contributed by atoms with Gasteiger partial charge in [-0.3, -0.25) is 14.9 Å². The Morgan fingerprint density at radius 2 is 1.84 bits per heavy atom. The van der Waals surface area contributed by atoms with Crippen molar-refractivity contribution in [2.24, 2.45) is 5.92 Å². The third kappa shape index (κ3) is 4.20. The molecule has 3 amide bonds. The number of ether oxygens (including phenoxy) is 1. The van der Waals surface area contributed by atoms with E-state index in [2.05, 4.69) is 10.6 Å². The summed E-state index contributed by atoms with van der Waals surface area (Å²) in [5.74, 6) is -0.546. The van der Waals surface area contributed by atoms with Gasteiger partial charge in [0, 0.05) is 19.9 Å². The number of hydrogen-bond donors (Lipinski definition) is 3. The van der Waals surface area contributed by atoms with Gasteiger partial charge in [0.15, 0.2) is 6.04 Å². The first-order chi connectivity index (χ1) is 8.99. The van der Waals surface area contributed by atoms with Crippen molar-refractivity contribution < 1.29 is 24.0 Å². The number of methoxy groups -OCH3 is 1. The van der Waals surface area contributed by atoms with Gasteiger partial charge in [-0.15, -0.1) is 0 Å². The molecule has 0 saturated carbocycles. The number of esters is 1. The molecule has 0 unspecified atom stereocenters. The minimum absolute atomic E-state index is 0.0667. The van der Waals surface area contributed by atoms with Gasteiger partial charge in [-0.2, -0.15) is 0 Å². The average molecular weight is 272 g/mol. The van der Waals surface area contributed by atoms with E-state index in [1.165, 1.54) is 14.2 Å². The number of imide groups is 1. The summed E-state index contributed by atoms with van der Waals surface area (Å²) in [4.78, 5) is 35.4. The zero-order valence-corrected chi connectivity index (χ0v) is 11.6. The Morgan fingerprint density at radius 1 is 1.26 bits per heavy atom. The molecule has 0 spiro atoms. The molecule has 1 aliphatic heterocycles. The summed E-state index contributed by atoms with van der Waals surface area (Å²) < 4.78 is 4.72. The Morgan fingerprint density at radius 3 is 2.32 bits per heavy atom. The second-order valence-electron chi connectivity index (χ2n) is 4.75. The Labute approximate surface area is 112 Å². The molecule has 19 heavy (non-hydrogen) atoms. The predicted molar refractivity (Wildman–Crippen MR) is 67.5 cm³/mol. The van der Waals surface area contributed by atoms with Crippen LogP contribution < -0.4 is 15.5 Å². The highest BCUT2D eigenvalue weighted by Crippen LogP contribution is 2.11. The smallest absolute Gasteiger partial charge is 0.321 e. The molecule has 3 N–H and O–H groups in total. The van der Waals surface area contributed by atoms with Gasteiger partial charge in [-0.1, -0.05) is 0 Å². The number of rotatable bonds is 3. The van der Waals surface area contributed by atoms with E-state index in [0.717, 1.165) is 18.0 Å². The summed E-state index contributed by atoms with van der Waals surface area (Å²) in [6.07, 6.45) is 1.42. The number of amides is 3. The van der Waals surface area contributed by atoms with Crippen LogP contribution in [0, 0.1) is 5.92 Å². The van der Waals surface area contributed by atoms with E-state index in [9.17, 15) is 14.4 Å². The Kier molecular flexibility index (Phi) is 5.75. The maximum absolute atomic E-state index is 11.8. The summed E-state index contributed by atoms with van der Waals surface area (Å²) >= 11 is 0. The van der Waals surface area contributed by atoms with Crippen LogP contribution in [0.5, 0.6) is 0 Å². The fraction of sp³-hybridized carbons (Fsp3) is 0.750. The van der Waals surface area contributed by atoms with Gasteiger partial charge in [-0.05, 0) is 6.92 Å². The molecule has 1 fully saturated rings. The SMILES string of the molecule is CNC(=O)NC(=O)[C@@H](C)[NH+]1CCC(C(=O)OC)CC1. The van der Waals surface area contributed by atoms with Gasteiger partial charge in [-0.25, -0.2) is 4.79 Å². The van der Waals surface area contributed by atoms with Crippen LogP contribution in [0.2, 0.25) is 0 Å². The summed E-state index contributed by atoms with van der Waals surface area (Å²) in [7, 11) is 2.85. The molecule has 0 aliphatic carbocycles. The van der Waals surface area contributed by atoms with Crippen LogP contribution in [0.1, 0.15) is 19.8 Å². The van der Waals surface area contributed by atoms with E-state index < -0.39 is 6.03 Å². The zero-order valence-electron chi connectivity index (χ0n) is 11.6. The molecule has 7 nitrogen and oxygen atoms in total. The number of urea groups is 1. The number of likely N-dealkylation sites (tertiary alicyclic amines) is 1. The van der Waals surface area contributed by atoms with Gasteiger partial charge < -0.3 is 15.0 Å². The van der Waals surface area contributed by atoms with Crippen LogP contribution in [-0.4, -0.2) is 51.2 Å². The third-order valence-corrected chi connectivity index (χ3v) is 3.63. The monoisotopic (exact) mass is 272 g/mol. The molecule has 0 aromatic heterocycles. The maximum atomic E-state index is 11.8. The number of carbonyl (C=O) groups is 3. The second-order valence-corrected chi connectivity index (χ2v) is 4.75. The van der Waals surface area contributed by atoms with Crippen molar-refractivity contribution >= 4 is 17.9 Å². The van der Waals surface area contributed by atoms with E-state index in [-0.39, 0.29) is 23.8 Å². The fourth-order valence-corrected chi connectivity index (χ4v) is 2.29. The average Bonchev–Trinajstić information content (AvgIpc) is 2.45. The quantitative estimate of drug-likeness (QED) is 0.534. The van der Waals surface area contributed by atoms with Gasteiger partial charge in [0.2, 0.25) is 0 Å². The van der Waals surface area contributed by atoms with Crippen molar-refractivity contribution in [2.45, 2.75) is 25.8 Å². The van der Waals surface area contributed by atoms with E-state index in [0.29, 0.717) is 12.8 Å². The topological polar surface area (TPSA) is 88.9 Å². The summed E-state index contributed by atoms with van der Waals surface area (Å²) in [5, 5.41) is 4.61. The van der Waals surface area contributed by atoms with Crippen LogP contribution in [0.15, 0.2) is 0 Å². The molecule has 7 heteroatoms. The first-order valence-corrected chi connectivity index (χ1v) is 6.44. The molecule has 108 valence electrons. The van der Waals surface area contributed by atoms with Crippen LogP contribution >= 0.6 is 0 Å². The van der Waals surface area contributed by atoms with Crippen molar-refractivity contribution in [2.75, 3.05) is 27.2 Å². The Balaban J connectivity index is 2.44. The van der Waals surface area contributed by atoms with Crippen molar-refractivity contribution in [1.82, 2.24) is 10.6 Å². The first kappa shape index (κ1) is 15.4. The van der Waals surface area contributed by atoms with Crippen molar-refractivity contribution in [1.29, 1.82) is 0 Å². The van der Waals surface area contributed by atoms with Crippen molar-refractivity contribution in [3.05, 3.63) is 0 Å². The molecule has 0 aromatic carbocycles. The first-order valence-electron chi connectivity index (χ1n) is 6.44. The Bertz CT molecular complexity index is 351. The summed E-state index contributed by atoms with van der Waals surface area (Å²) in [6, 6.07) is -0.809. The minimum atomic E-state index is -0.499. The largest absolute Gasteiger partial charge is 0.469 e. The molecule has 1 atom stereocenters. The highest BCUT2D eigenvalue weighted by atomic mass is 16.5. The van der Waals surface area contributed by atoms with Gasteiger partial charge >= 0.3 is 12.0 Å². The highest BCUT2D eigenvalue weighted by Gasteiger charge is 2.33. The normalized spacial score (nSPS) is 24.2. The van der Waals surface area contributed by atoms with Crippen molar-refractivity contribution in [3.8, 4) is 0 Å². The highest BCUT2D eigenvalue weighted by molar-refractivity contribution is 5.96. The number of nitrogens with one attached hydrogen (secondary N) is 3. The standard InChI is InChI=1S/C12H21N3O4/c1-8(10(16)14-12(18)13-2)15-6-4-9(5-7-15)11(17)19-3/h8-9H,4-7H2,1-3H3,(H2,13,14,16,18)/p+1/t8-/m1/s1. The Hall–Kier alpha value is -1.63. The van der Waals surface area contributed by atoms with Crippen molar-refractivity contribution in [3.63, 3.8) is 0 Å². The lowest BCUT2D eigenvalue weighted by Crippen LogP contribution is -3.17. The van der Waals surface area contributed by atoms with E-state index in [1.807, 2.05) is 0 Å². The van der Waals surface area contributed by atoms with E-state index in [4.69, 9.17) is 4.74 Å². The molecule has 1 saturated heterocycles. The molecule has 0 bridgehead atoms. The molecule has 1 rings (SSSR count). The molecule has 0 radical (unpaired) electrons. The lowest BCUT2D eigenvalue weighted by Gasteiger charge is -2.31. The number of carbonyl (C=O) groups excluding carboxylic acids is 3. The zero-order chi connectivity index (χ0) is 14.4. The lowest BCUT2D eigenvalue weighted by atomic mass is 9.96. The molecule has 0 aromatic rings. The van der Waals surface area contributed by atoms with Gasteiger partial charge in [0.05, 0.1) is 26.1 Å². The lowest BCUT2D eigenvalue weighted by molar-refractivity contribution is -0.919. The van der Waals surface area contributed by atoms with Crippen LogP contribution in [0.25, 0.3) is 0 Å². The second kappa shape index (κ2) is 7.08. The number of quaternary nitrogens is 1. The molecule has 1 aliphatic rings. The number of hydrogen-bond acceptors (Lipinski definition) is 4. The molecule has 1 heterocycles. The van der Waals surface area contributed by atoms with Crippen LogP contribution in [0.3, 0.4) is 0 Å². The minimum Gasteiger partial charge on any atom is -0.469 e. The summed E-state index contributed by atoms with van der Waals surface area (Å²) in [6.45, 7) is 3.23. The van der Waals surface area contributed by atoms with E-state index >= 15 is 0 Å². The fourth-order valence-electron chi connectivity index (χ4n) is 2.29. The van der Waals surface area contributed by atoms with E-state index in [1.54, 1.807) is 6.92 Å². The van der Waals surface area contributed by atoms with Gasteiger partial charge in [0.25, 0.3) is 5.91 Å². The number of piperidine rings is 1. The maximum Gasteiger partial charge on any atom is 0.321 e. The van der Waals surface area contributed by atoms with Crippen LogP contribution in [-0.2, 0) is 14.3 Å². The summed E-state index contributed by atoms with van der Waals surface area (Å²) in [5.41, 5.74) is 0. The van der Waals surface area contributed by atoms with Crippen LogP contribution in [0.4, 0.5) is 4.79 Å². The molecular weight excluding hydrogens is 250 g/mol. The molecular formula is C12H22N3O4+. The predicted octanol–water partition coefficient (Wildman–Crippen LogP) is -1.70. The van der Waals surface area contributed by atoms with Gasteiger partial charge in [0.1, 0.15) is 0 Å². The third-order valence-electron chi connectivity index (χ3n) is 3.63.